The Bertz CT molecular complexity index is 848. The topological polar surface area (TPSA) is 72.9 Å². The van der Waals surface area contributed by atoms with Gasteiger partial charge in [0.15, 0.2) is 12.4 Å². The minimum Gasteiger partial charge on any atom is -0.497 e. The molecule has 0 spiro atoms. The number of carbonyl (C=O) groups excluding carboxylic acids is 3. The zero-order chi connectivity index (χ0) is 19.4. The van der Waals surface area contributed by atoms with Gasteiger partial charge in [0.05, 0.1) is 13.0 Å². The fraction of sp³-hybridized carbons (Fsp3) is 0.250. The number of hydrogen-bond acceptors (Lipinski definition) is 5. The minimum absolute atomic E-state index is 0.0538. The van der Waals surface area contributed by atoms with Gasteiger partial charge in [0.2, 0.25) is 5.91 Å². The van der Waals surface area contributed by atoms with Crippen LogP contribution in [0.15, 0.2) is 48.5 Å². The fourth-order valence-electron chi connectivity index (χ4n) is 2.85. The Hall–Kier alpha value is -2.86. The summed E-state index contributed by atoms with van der Waals surface area (Å²) in [6, 6.07) is 13.4. The number of rotatable bonds is 6. The smallest absolute Gasteiger partial charge is 0.311 e. The van der Waals surface area contributed by atoms with Crippen LogP contribution in [-0.2, 0) is 14.3 Å². The minimum atomic E-state index is -0.600. The van der Waals surface area contributed by atoms with Crippen molar-refractivity contribution in [2.75, 3.05) is 25.2 Å². The van der Waals surface area contributed by atoms with Crippen molar-refractivity contribution in [3.8, 4) is 5.75 Å². The normalized spacial score (nSPS) is 16.3. The van der Waals surface area contributed by atoms with Crippen molar-refractivity contribution in [1.29, 1.82) is 0 Å². The number of amides is 1. The molecule has 0 bridgehead atoms. The van der Waals surface area contributed by atoms with Crippen LogP contribution >= 0.6 is 11.6 Å². The van der Waals surface area contributed by atoms with Gasteiger partial charge in [-0.15, -0.1) is 0 Å². The van der Waals surface area contributed by atoms with Crippen LogP contribution < -0.4 is 9.64 Å². The summed E-state index contributed by atoms with van der Waals surface area (Å²) in [7, 11) is 1.54. The molecule has 2 aromatic carbocycles. The molecule has 1 saturated heterocycles. The molecule has 1 heterocycles. The molecule has 0 aromatic heterocycles. The maximum absolute atomic E-state index is 12.3. The molecule has 0 saturated carbocycles. The zero-order valence-electron chi connectivity index (χ0n) is 14.7. The van der Waals surface area contributed by atoms with E-state index in [-0.39, 0.29) is 31.3 Å². The molecule has 0 N–H and O–H groups in total. The number of ether oxygens (including phenoxy) is 2. The van der Waals surface area contributed by atoms with Crippen molar-refractivity contribution < 1.29 is 23.9 Å². The van der Waals surface area contributed by atoms with Gasteiger partial charge in [-0.05, 0) is 48.5 Å². The average Bonchev–Trinajstić information content (AvgIpc) is 3.08. The maximum Gasteiger partial charge on any atom is 0.311 e. The summed E-state index contributed by atoms with van der Waals surface area (Å²) in [5.74, 6) is -1.00. The summed E-state index contributed by atoms with van der Waals surface area (Å²) in [4.78, 5) is 38.1. The van der Waals surface area contributed by atoms with Gasteiger partial charge in [0, 0.05) is 29.2 Å². The molecule has 140 valence electrons. The monoisotopic (exact) mass is 387 g/mol. The number of benzene rings is 2. The fourth-order valence-corrected chi connectivity index (χ4v) is 2.98. The highest BCUT2D eigenvalue weighted by molar-refractivity contribution is 6.30. The van der Waals surface area contributed by atoms with Crippen molar-refractivity contribution in [2.45, 2.75) is 6.42 Å². The van der Waals surface area contributed by atoms with Gasteiger partial charge in [-0.2, -0.15) is 0 Å². The number of anilines is 1. The maximum atomic E-state index is 12.3. The van der Waals surface area contributed by atoms with Gasteiger partial charge in [-0.3, -0.25) is 14.4 Å². The van der Waals surface area contributed by atoms with Gasteiger partial charge >= 0.3 is 5.97 Å². The van der Waals surface area contributed by atoms with Crippen molar-refractivity contribution in [1.82, 2.24) is 0 Å². The number of nitrogens with zero attached hydrogens (tertiary/aromatic N) is 1. The molecule has 6 nitrogen and oxygen atoms in total. The van der Waals surface area contributed by atoms with E-state index in [1.165, 1.54) is 12.0 Å². The Morgan fingerprint density at radius 3 is 2.41 bits per heavy atom. The number of esters is 1. The van der Waals surface area contributed by atoms with Gasteiger partial charge in [0.25, 0.3) is 0 Å². The van der Waals surface area contributed by atoms with Crippen molar-refractivity contribution in [2.24, 2.45) is 5.92 Å². The summed E-state index contributed by atoms with van der Waals surface area (Å²) in [6.07, 6.45) is 0.0538. The molecular formula is C20H18ClNO5. The molecule has 7 heteroatoms. The van der Waals surface area contributed by atoms with Gasteiger partial charge in [-0.25, -0.2) is 0 Å². The second-order valence-corrected chi connectivity index (χ2v) is 6.58. The molecule has 3 rings (SSSR count). The third kappa shape index (κ3) is 4.46. The molecule has 1 aliphatic rings. The standard InChI is InChI=1S/C20H18ClNO5/c1-26-17-8-2-13(3-9-17)18(23)12-27-20(25)14-10-19(24)22(11-14)16-6-4-15(21)5-7-16/h2-9,14H,10-12H2,1H3/t14-/m1/s1. The summed E-state index contributed by atoms with van der Waals surface area (Å²) in [5, 5.41) is 0.568. The van der Waals surface area contributed by atoms with E-state index in [0.717, 1.165) is 0 Å². The molecule has 0 aliphatic carbocycles. The molecule has 1 fully saturated rings. The number of methoxy groups -OCH3 is 1. The molecule has 0 radical (unpaired) electrons. The van der Waals surface area contributed by atoms with Crippen LogP contribution in [0.3, 0.4) is 0 Å². The first kappa shape index (κ1) is 18.9. The highest BCUT2D eigenvalue weighted by atomic mass is 35.5. The highest BCUT2D eigenvalue weighted by Gasteiger charge is 2.36. The van der Waals surface area contributed by atoms with Gasteiger partial charge < -0.3 is 14.4 Å². The van der Waals surface area contributed by atoms with E-state index < -0.39 is 11.9 Å². The zero-order valence-corrected chi connectivity index (χ0v) is 15.4. The molecule has 1 aliphatic heterocycles. The van der Waals surface area contributed by atoms with E-state index in [4.69, 9.17) is 21.1 Å². The van der Waals surface area contributed by atoms with Crippen LogP contribution in [0.25, 0.3) is 0 Å². The molecule has 2 aromatic rings. The lowest BCUT2D eigenvalue weighted by Gasteiger charge is -2.16. The van der Waals surface area contributed by atoms with Crippen molar-refractivity contribution in [3.05, 3.63) is 59.1 Å². The van der Waals surface area contributed by atoms with Crippen LogP contribution in [0.5, 0.6) is 5.75 Å². The second-order valence-electron chi connectivity index (χ2n) is 6.14. The van der Waals surface area contributed by atoms with Crippen LogP contribution in [0.1, 0.15) is 16.8 Å². The highest BCUT2D eigenvalue weighted by Crippen LogP contribution is 2.27. The first-order valence-electron chi connectivity index (χ1n) is 8.37. The third-order valence-corrected chi connectivity index (χ3v) is 4.61. The van der Waals surface area contributed by atoms with E-state index in [0.29, 0.717) is 22.0 Å². The summed E-state index contributed by atoms with van der Waals surface area (Å²) < 4.78 is 10.2. The lowest BCUT2D eigenvalue weighted by molar-refractivity contribution is -0.147. The Balaban J connectivity index is 1.55. The first-order chi connectivity index (χ1) is 13.0. The van der Waals surface area contributed by atoms with E-state index in [1.54, 1.807) is 48.5 Å². The van der Waals surface area contributed by atoms with E-state index in [2.05, 4.69) is 0 Å². The van der Waals surface area contributed by atoms with Crippen LogP contribution in [0, 0.1) is 5.92 Å². The molecule has 1 atom stereocenters. The summed E-state index contributed by atoms with van der Waals surface area (Å²) in [5.41, 5.74) is 1.10. The van der Waals surface area contributed by atoms with E-state index in [9.17, 15) is 14.4 Å². The predicted molar refractivity (Wildman–Crippen MR) is 100 cm³/mol. The molecule has 0 unspecified atom stereocenters. The van der Waals surface area contributed by atoms with Crippen LogP contribution in [0.2, 0.25) is 5.02 Å². The largest absolute Gasteiger partial charge is 0.497 e. The second kappa shape index (κ2) is 8.22. The van der Waals surface area contributed by atoms with Gasteiger partial charge in [0.1, 0.15) is 5.75 Å². The van der Waals surface area contributed by atoms with Crippen LogP contribution in [-0.4, -0.2) is 37.9 Å². The number of hydrogen-bond donors (Lipinski definition) is 0. The number of carbonyl (C=O) groups is 3. The number of ketones is 1. The number of Topliss-reactive ketones (excluding diaryl/α,β-unsaturated/α-hetero) is 1. The van der Waals surface area contributed by atoms with Crippen molar-refractivity contribution >= 4 is 34.9 Å². The van der Waals surface area contributed by atoms with E-state index in [1.807, 2.05) is 0 Å². The Labute approximate surface area is 161 Å². The summed E-state index contributed by atoms with van der Waals surface area (Å²) >= 11 is 5.86. The number of halogens is 1. The van der Waals surface area contributed by atoms with Crippen LogP contribution in [0.4, 0.5) is 5.69 Å². The lowest BCUT2D eigenvalue weighted by Crippen LogP contribution is -2.27. The van der Waals surface area contributed by atoms with Gasteiger partial charge in [-0.1, -0.05) is 11.6 Å². The SMILES string of the molecule is COc1ccc(C(=O)COC(=O)[C@@H]2CC(=O)N(c3ccc(Cl)cc3)C2)cc1. The Kier molecular flexibility index (Phi) is 5.76. The third-order valence-electron chi connectivity index (χ3n) is 4.35. The predicted octanol–water partition coefficient (Wildman–Crippen LogP) is 3.13. The molecule has 27 heavy (non-hydrogen) atoms. The average molecular weight is 388 g/mol. The van der Waals surface area contributed by atoms with Crippen molar-refractivity contribution in [3.63, 3.8) is 0 Å². The quantitative estimate of drug-likeness (QED) is 0.562. The molecular weight excluding hydrogens is 370 g/mol. The first-order valence-corrected chi connectivity index (χ1v) is 8.75. The lowest BCUT2D eigenvalue weighted by atomic mass is 10.1. The summed E-state index contributed by atoms with van der Waals surface area (Å²) in [6.45, 7) is -0.146. The molecule has 1 amide bonds. The van der Waals surface area contributed by atoms with E-state index >= 15 is 0 Å². The Morgan fingerprint density at radius 1 is 1.11 bits per heavy atom. The Morgan fingerprint density at radius 2 is 1.78 bits per heavy atom.